The zero-order valence-electron chi connectivity index (χ0n) is 12.5. The number of hydrogen-bond donors (Lipinski definition) is 1. The minimum atomic E-state index is -0.553. The van der Waals surface area contributed by atoms with E-state index in [1.165, 1.54) is 12.4 Å². The van der Waals surface area contributed by atoms with Gasteiger partial charge in [0.25, 0.3) is 5.91 Å². The van der Waals surface area contributed by atoms with Crippen LogP contribution in [0.4, 0.5) is 17.3 Å². The first-order valence-electron chi connectivity index (χ1n) is 7.04. The van der Waals surface area contributed by atoms with Crippen molar-refractivity contribution in [1.29, 1.82) is 0 Å². The van der Waals surface area contributed by atoms with Crippen LogP contribution in [0.25, 0.3) is 0 Å². The summed E-state index contributed by atoms with van der Waals surface area (Å²) in [6.45, 7) is 2.02. The Morgan fingerprint density at radius 1 is 1.04 bits per heavy atom. The van der Waals surface area contributed by atoms with Gasteiger partial charge in [0, 0.05) is 24.8 Å². The molecule has 6 nitrogen and oxygen atoms in total. The van der Waals surface area contributed by atoms with Gasteiger partial charge in [0.2, 0.25) is 5.95 Å². The largest absolute Gasteiger partial charge is 0.366 e. The molecular formula is C17H15N5O. The van der Waals surface area contributed by atoms with Crippen molar-refractivity contribution >= 4 is 23.2 Å². The molecule has 2 N–H and O–H groups in total. The first kappa shape index (κ1) is 14.6. The molecule has 0 aliphatic heterocycles. The number of carbonyl (C=O) groups is 1. The minimum absolute atomic E-state index is 0.271. The number of anilines is 3. The Balaban J connectivity index is 2.13. The lowest BCUT2D eigenvalue weighted by Crippen LogP contribution is -2.16. The number of pyridine rings is 1. The van der Waals surface area contributed by atoms with Gasteiger partial charge in [0.1, 0.15) is 0 Å². The first-order chi connectivity index (χ1) is 11.2. The van der Waals surface area contributed by atoms with Crippen LogP contribution < -0.4 is 10.6 Å². The molecule has 114 valence electrons. The highest BCUT2D eigenvalue weighted by molar-refractivity contribution is 5.92. The SMILES string of the molecule is Cc1ccccc1N(c1ccncc1)c1ncc(C(N)=O)cn1. The molecule has 0 bridgehead atoms. The molecule has 1 amide bonds. The van der Waals surface area contributed by atoms with E-state index in [0.29, 0.717) is 5.95 Å². The minimum Gasteiger partial charge on any atom is -0.366 e. The van der Waals surface area contributed by atoms with Crippen molar-refractivity contribution in [3.63, 3.8) is 0 Å². The number of nitrogens with zero attached hydrogens (tertiary/aromatic N) is 4. The standard InChI is InChI=1S/C17H15N5O/c1-12-4-2-3-5-15(12)22(14-6-8-19-9-7-14)17-20-10-13(11-21-17)16(18)23/h2-11H,1H3,(H2,18,23). The Bertz CT molecular complexity index is 818. The quantitative estimate of drug-likeness (QED) is 0.801. The lowest BCUT2D eigenvalue weighted by Gasteiger charge is -2.24. The van der Waals surface area contributed by atoms with E-state index < -0.39 is 5.91 Å². The Hall–Kier alpha value is -3.28. The van der Waals surface area contributed by atoms with Crippen LogP contribution in [-0.2, 0) is 0 Å². The predicted molar refractivity (Wildman–Crippen MR) is 87.8 cm³/mol. The molecular weight excluding hydrogens is 290 g/mol. The van der Waals surface area contributed by atoms with Crippen LogP contribution in [0.3, 0.4) is 0 Å². The van der Waals surface area contributed by atoms with Gasteiger partial charge in [-0.15, -0.1) is 0 Å². The molecule has 2 heterocycles. The number of aromatic nitrogens is 3. The van der Waals surface area contributed by atoms with Gasteiger partial charge in [0.15, 0.2) is 0 Å². The highest BCUT2D eigenvalue weighted by atomic mass is 16.1. The second kappa shape index (κ2) is 6.23. The molecule has 0 saturated heterocycles. The van der Waals surface area contributed by atoms with Crippen molar-refractivity contribution in [2.45, 2.75) is 6.92 Å². The number of primary amides is 1. The van der Waals surface area contributed by atoms with Gasteiger partial charge in [-0.3, -0.25) is 14.7 Å². The summed E-state index contributed by atoms with van der Waals surface area (Å²) in [6.07, 6.45) is 6.27. The molecule has 0 unspecified atom stereocenters. The Morgan fingerprint density at radius 3 is 2.30 bits per heavy atom. The lowest BCUT2D eigenvalue weighted by molar-refractivity contribution is 0.0999. The van der Waals surface area contributed by atoms with E-state index in [-0.39, 0.29) is 5.56 Å². The monoisotopic (exact) mass is 305 g/mol. The number of aryl methyl sites for hydroxylation is 1. The molecule has 0 saturated carbocycles. The van der Waals surface area contributed by atoms with E-state index in [9.17, 15) is 4.79 Å². The Morgan fingerprint density at radius 2 is 1.70 bits per heavy atom. The van der Waals surface area contributed by atoms with Crippen molar-refractivity contribution in [3.05, 3.63) is 72.3 Å². The smallest absolute Gasteiger partial charge is 0.251 e. The molecule has 1 aromatic carbocycles. The van der Waals surface area contributed by atoms with Crippen LogP contribution in [0.2, 0.25) is 0 Å². The van der Waals surface area contributed by atoms with Crippen LogP contribution >= 0.6 is 0 Å². The van der Waals surface area contributed by atoms with Crippen molar-refractivity contribution in [3.8, 4) is 0 Å². The maximum atomic E-state index is 11.2. The topological polar surface area (TPSA) is 85.0 Å². The fourth-order valence-corrected chi connectivity index (χ4v) is 2.23. The third-order valence-electron chi connectivity index (χ3n) is 3.40. The number of carbonyl (C=O) groups excluding carboxylic acids is 1. The van der Waals surface area contributed by atoms with Gasteiger partial charge < -0.3 is 5.73 Å². The third-order valence-corrected chi connectivity index (χ3v) is 3.40. The second-order valence-electron chi connectivity index (χ2n) is 4.96. The third kappa shape index (κ3) is 3.01. The molecule has 0 radical (unpaired) electrons. The molecule has 2 aromatic heterocycles. The fraction of sp³-hybridized carbons (Fsp3) is 0.0588. The van der Waals surface area contributed by atoms with E-state index in [2.05, 4.69) is 15.0 Å². The van der Waals surface area contributed by atoms with Gasteiger partial charge in [-0.25, -0.2) is 9.97 Å². The number of para-hydroxylation sites is 1. The molecule has 0 fully saturated rings. The molecule has 0 aliphatic carbocycles. The van der Waals surface area contributed by atoms with Crippen molar-refractivity contribution < 1.29 is 4.79 Å². The summed E-state index contributed by atoms with van der Waals surface area (Å²) in [6, 6.07) is 11.7. The first-order valence-corrected chi connectivity index (χ1v) is 7.04. The zero-order chi connectivity index (χ0) is 16.2. The predicted octanol–water partition coefficient (Wildman–Crippen LogP) is 2.75. The average Bonchev–Trinajstić information content (AvgIpc) is 2.58. The van der Waals surface area contributed by atoms with E-state index >= 15 is 0 Å². The highest BCUT2D eigenvalue weighted by Gasteiger charge is 2.17. The summed E-state index contributed by atoms with van der Waals surface area (Å²) in [4.78, 5) is 25.7. The number of hydrogen-bond acceptors (Lipinski definition) is 5. The number of nitrogens with two attached hydrogens (primary N) is 1. The molecule has 0 spiro atoms. The number of amides is 1. The number of benzene rings is 1. The van der Waals surface area contributed by atoms with Crippen molar-refractivity contribution in [2.24, 2.45) is 5.73 Å². The van der Waals surface area contributed by atoms with Gasteiger partial charge in [-0.2, -0.15) is 0 Å². The summed E-state index contributed by atoms with van der Waals surface area (Å²) in [7, 11) is 0. The summed E-state index contributed by atoms with van der Waals surface area (Å²) < 4.78 is 0. The van der Waals surface area contributed by atoms with Crippen molar-refractivity contribution in [2.75, 3.05) is 4.90 Å². The zero-order valence-corrected chi connectivity index (χ0v) is 12.5. The second-order valence-corrected chi connectivity index (χ2v) is 4.96. The van der Waals surface area contributed by atoms with E-state index in [4.69, 9.17) is 5.73 Å². The maximum Gasteiger partial charge on any atom is 0.251 e. The van der Waals surface area contributed by atoms with Crippen LogP contribution in [0.5, 0.6) is 0 Å². The Labute approximate surface area is 133 Å². The molecule has 3 aromatic rings. The van der Waals surface area contributed by atoms with Gasteiger partial charge in [-0.1, -0.05) is 18.2 Å². The molecule has 3 rings (SSSR count). The highest BCUT2D eigenvalue weighted by Crippen LogP contribution is 2.33. The van der Waals surface area contributed by atoms with Crippen LogP contribution in [-0.4, -0.2) is 20.9 Å². The maximum absolute atomic E-state index is 11.2. The number of rotatable bonds is 4. The van der Waals surface area contributed by atoms with E-state index in [1.807, 2.05) is 48.2 Å². The van der Waals surface area contributed by atoms with E-state index in [1.54, 1.807) is 12.4 Å². The fourth-order valence-electron chi connectivity index (χ4n) is 2.23. The van der Waals surface area contributed by atoms with Gasteiger partial charge in [0.05, 0.1) is 16.9 Å². The molecule has 6 heteroatoms. The van der Waals surface area contributed by atoms with Gasteiger partial charge in [-0.05, 0) is 30.7 Å². The molecule has 0 atom stereocenters. The van der Waals surface area contributed by atoms with Crippen LogP contribution in [0.1, 0.15) is 15.9 Å². The average molecular weight is 305 g/mol. The normalized spacial score (nSPS) is 10.3. The van der Waals surface area contributed by atoms with E-state index in [0.717, 1.165) is 16.9 Å². The molecule has 0 aliphatic rings. The Kier molecular flexibility index (Phi) is 3.97. The lowest BCUT2D eigenvalue weighted by atomic mass is 10.1. The summed E-state index contributed by atoms with van der Waals surface area (Å²) in [5.41, 5.74) is 8.42. The summed E-state index contributed by atoms with van der Waals surface area (Å²) in [5.74, 6) is -0.0987. The van der Waals surface area contributed by atoms with Crippen LogP contribution in [0.15, 0.2) is 61.2 Å². The van der Waals surface area contributed by atoms with Crippen LogP contribution in [0, 0.1) is 6.92 Å². The summed E-state index contributed by atoms with van der Waals surface area (Å²) >= 11 is 0. The molecule has 23 heavy (non-hydrogen) atoms. The van der Waals surface area contributed by atoms with Crippen molar-refractivity contribution in [1.82, 2.24) is 15.0 Å². The van der Waals surface area contributed by atoms with Gasteiger partial charge >= 0.3 is 0 Å². The summed E-state index contributed by atoms with van der Waals surface area (Å²) in [5, 5.41) is 0.